The Labute approximate surface area is 70.3 Å². The second kappa shape index (κ2) is 2.95. The van der Waals surface area contributed by atoms with E-state index in [-0.39, 0.29) is 4.27 Å². The Hall–Kier alpha value is 0.660. The monoisotopic (exact) mass is 176 g/mol. The Balaban J connectivity index is 1.98. The summed E-state index contributed by atoms with van der Waals surface area (Å²) in [6.45, 7) is 0.986. The predicted molar refractivity (Wildman–Crippen MR) is 47.5 cm³/mol. The summed E-state index contributed by atoms with van der Waals surface area (Å²) in [5.41, 5.74) is 0. The molecule has 0 N–H and O–H groups in total. The molecule has 0 aromatic carbocycles. The molecule has 2 rings (SSSR count). The topological polar surface area (TPSA) is 9.23 Å². The number of ether oxygens (including phenoxy) is 1. The first-order valence-electron chi connectivity index (χ1n) is 3.83. The van der Waals surface area contributed by atoms with E-state index in [9.17, 15) is 0 Å². The average molecular weight is 176 g/mol. The lowest BCUT2D eigenvalue weighted by Crippen LogP contribution is -2.26. The lowest BCUT2D eigenvalue weighted by Gasteiger charge is -2.31. The van der Waals surface area contributed by atoms with Crippen molar-refractivity contribution in [2.75, 3.05) is 18.1 Å². The third-order valence-electron chi connectivity index (χ3n) is 1.93. The Bertz CT molecular complexity index is 113. The molecule has 0 aromatic rings. The van der Waals surface area contributed by atoms with Crippen molar-refractivity contribution < 1.29 is 4.74 Å². The highest BCUT2D eigenvalue weighted by molar-refractivity contribution is 8.21. The molecule has 2 aliphatic heterocycles. The van der Waals surface area contributed by atoms with E-state index < -0.39 is 0 Å². The summed E-state index contributed by atoms with van der Waals surface area (Å²) in [5.74, 6) is 2.56. The second-order valence-electron chi connectivity index (χ2n) is 2.69. The van der Waals surface area contributed by atoms with E-state index in [0.717, 1.165) is 6.61 Å². The molecule has 3 heteroatoms. The Morgan fingerprint density at radius 2 is 1.90 bits per heavy atom. The molecule has 0 amide bonds. The highest BCUT2D eigenvalue weighted by atomic mass is 32.2. The maximum atomic E-state index is 5.75. The molecule has 2 fully saturated rings. The van der Waals surface area contributed by atoms with Gasteiger partial charge in [0.1, 0.15) is 0 Å². The van der Waals surface area contributed by atoms with E-state index in [4.69, 9.17) is 4.74 Å². The van der Waals surface area contributed by atoms with Gasteiger partial charge in [-0.05, 0) is 19.3 Å². The second-order valence-corrected chi connectivity index (χ2v) is 5.66. The molecule has 0 bridgehead atoms. The zero-order valence-corrected chi connectivity index (χ0v) is 7.60. The van der Waals surface area contributed by atoms with Gasteiger partial charge in [-0.3, -0.25) is 0 Å². The maximum absolute atomic E-state index is 5.75. The SMILES string of the molecule is C1CCC2(OC1)SCCS2. The van der Waals surface area contributed by atoms with Crippen LogP contribution >= 0.6 is 23.5 Å². The standard InChI is InChI=1S/C7H12OS2/c1-2-4-8-7(3-1)9-5-6-10-7/h1-6H2. The van der Waals surface area contributed by atoms with Crippen LogP contribution in [0.25, 0.3) is 0 Å². The average Bonchev–Trinajstić information content (AvgIpc) is 2.39. The molecule has 0 aromatic heterocycles. The van der Waals surface area contributed by atoms with Gasteiger partial charge in [0, 0.05) is 18.1 Å². The third-order valence-corrected chi connectivity index (χ3v) is 5.23. The zero-order chi connectivity index (χ0) is 6.86. The first-order valence-corrected chi connectivity index (χ1v) is 5.80. The van der Waals surface area contributed by atoms with Gasteiger partial charge in [0.05, 0.1) is 0 Å². The molecule has 2 aliphatic rings. The molecule has 58 valence electrons. The van der Waals surface area contributed by atoms with Gasteiger partial charge >= 0.3 is 0 Å². The number of hydrogen-bond acceptors (Lipinski definition) is 3. The summed E-state index contributed by atoms with van der Waals surface area (Å²) in [6, 6.07) is 0. The van der Waals surface area contributed by atoms with Crippen LogP contribution in [-0.2, 0) is 4.74 Å². The van der Waals surface area contributed by atoms with Crippen molar-refractivity contribution in [1.82, 2.24) is 0 Å². The van der Waals surface area contributed by atoms with E-state index in [2.05, 4.69) is 0 Å². The van der Waals surface area contributed by atoms with Crippen LogP contribution in [0.4, 0.5) is 0 Å². The lowest BCUT2D eigenvalue weighted by molar-refractivity contribution is 0.0512. The fourth-order valence-corrected chi connectivity index (χ4v) is 4.44. The predicted octanol–water partition coefficient (Wildman–Crippen LogP) is 2.32. The van der Waals surface area contributed by atoms with Crippen LogP contribution in [0.15, 0.2) is 0 Å². The van der Waals surface area contributed by atoms with Crippen LogP contribution in [0.5, 0.6) is 0 Å². The van der Waals surface area contributed by atoms with Crippen molar-refractivity contribution in [2.24, 2.45) is 0 Å². The summed E-state index contributed by atoms with van der Waals surface area (Å²) >= 11 is 4.01. The van der Waals surface area contributed by atoms with Gasteiger partial charge in [0.15, 0.2) is 4.27 Å². The molecule has 0 saturated carbocycles. The first kappa shape index (κ1) is 7.32. The summed E-state index contributed by atoms with van der Waals surface area (Å²) in [6.07, 6.45) is 3.89. The fraction of sp³-hybridized carbons (Fsp3) is 1.00. The minimum Gasteiger partial charge on any atom is -0.355 e. The number of thioether (sulfide) groups is 2. The molecule has 0 unspecified atom stereocenters. The van der Waals surface area contributed by atoms with Gasteiger partial charge in [-0.1, -0.05) is 0 Å². The maximum Gasteiger partial charge on any atom is 0.160 e. The van der Waals surface area contributed by atoms with E-state index in [1.807, 2.05) is 23.5 Å². The van der Waals surface area contributed by atoms with Crippen molar-refractivity contribution >= 4 is 23.5 Å². The highest BCUT2D eigenvalue weighted by Gasteiger charge is 2.37. The summed E-state index contributed by atoms with van der Waals surface area (Å²) < 4.78 is 5.96. The van der Waals surface area contributed by atoms with Crippen LogP contribution in [-0.4, -0.2) is 22.4 Å². The van der Waals surface area contributed by atoms with Gasteiger partial charge in [-0.25, -0.2) is 0 Å². The zero-order valence-electron chi connectivity index (χ0n) is 5.97. The van der Waals surface area contributed by atoms with Gasteiger partial charge in [0.2, 0.25) is 0 Å². The smallest absolute Gasteiger partial charge is 0.160 e. The lowest BCUT2D eigenvalue weighted by atomic mass is 10.2. The minimum atomic E-state index is 0.207. The molecule has 2 saturated heterocycles. The molecular formula is C7H12OS2. The van der Waals surface area contributed by atoms with E-state index in [1.54, 1.807) is 0 Å². The van der Waals surface area contributed by atoms with Crippen molar-refractivity contribution in [1.29, 1.82) is 0 Å². The van der Waals surface area contributed by atoms with Crippen LogP contribution in [0, 0.1) is 0 Å². The molecule has 0 radical (unpaired) electrons. The van der Waals surface area contributed by atoms with Crippen molar-refractivity contribution in [3.05, 3.63) is 0 Å². The highest BCUT2D eigenvalue weighted by Crippen LogP contribution is 2.49. The van der Waals surface area contributed by atoms with Crippen LogP contribution in [0.2, 0.25) is 0 Å². The van der Waals surface area contributed by atoms with Gasteiger partial charge < -0.3 is 4.74 Å². The Morgan fingerprint density at radius 3 is 2.50 bits per heavy atom. The minimum absolute atomic E-state index is 0.207. The van der Waals surface area contributed by atoms with Crippen molar-refractivity contribution in [3.63, 3.8) is 0 Å². The first-order chi connectivity index (χ1) is 4.91. The van der Waals surface area contributed by atoms with E-state index >= 15 is 0 Å². The molecule has 1 spiro atoms. The van der Waals surface area contributed by atoms with E-state index in [1.165, 1.54) is 30.8 Å². The summed E-state index contributed by atoms with van der Waals surface area (Å²) in [4.78, 5) is 0. The largest absolute Gasteiger partial charge is 0.355 e. The number of hydrogen-bond donors (Lipinski definition) is 0. The number of rotatable bonds is 0. The van der Waals surface area contributed by atoms with Crippen LogP contribution < -0.4 is 0 Å². The fourth-order valence-electron chi connectivity index (χ4n) is 1.41. The molecule has 2 heterocycles. The Kier molecular flexibility index (Phi) is 2.16. The summed E-state index contributed by atoms with van der Waals surface area (Å²) in [5, 5.41) is 0. The van der Waals surface area contributed by atoms with Crippen molar-refractivity contribution in [3.8, 4) is 0 Å². The molecule has 0 atom stereocenters. The van der Waals surface area contributed by atoms with Gasteiger partial charge in [-0.2, -0.15) is 0 Å². The summed E-state index contributed by atoms with van der Waals surface area (Å²) in [7, 11) is 0. The van der Waals surface area contributed by atoms with Crippen molar-refractivity contribution in [2.45, 2.75) is 23.5 Å². The molecule has 10 heavy (non-hydrogen) atoms. The van der Waals surface area contributed by atoms with Crippen LogP contribution in [0.1, 0.15) is 19.3 Å². The molecule has 1 nitrogen and oxygen atoms in total. The molecular weight excluding hydrogens is 164 g/mol. The quantitative estimate of drug-likeness (QED) is 0.560. The van der Waals surface area contributed by atoms with Gasteiger partial charge in [0.25, 0.3) is 0 Å². The third kappa shape index (κ3) is 1.31. The van der Waals surface area contributed by atoms with Crippen LogP contribution in [0.3, 0.4) is 0 Å². The Morgan fingerprint density at radius 1 is 1.10 bits per heavy atom. The molecule has 0 aliphatic carbocycles. The van der Waals surface area contributed by atoms with Gasteiger partial charge in [-0.15, -0.1) is 23.5 Å². The normalized spacial score (nSPS) is 31.2. The van der Waals surface area contributed by atoms with E-state index in [0.29, 0.717) is 0 Å².